The Morgan fingerprint density at radius 3 is 2.40 bits per heavy atom. The summed E-state index contributed by atoms with van der Waals surface area (Å²) < 4.78 is 0. The molecule has 0 radical (unpaired) electrons. The van der Waals surface area contributed by atoms with E-state index in [-0.39, 0.29) is 12.5 Å². The standard InChI is InChI=1S/C19H27N3O3/c23-18(14-22-11-3-4-17(22)19(24)25)20-12-15-5-7-16(8-6-15)13-21-9-1-2-10-21/h5-8,17H,1-4,9-14H2,(H,20,23)(H,24,25)/t17-/m0/s1. The highest BCUT2D eigenvalue weighted by molar-refractivity contribution is 5.80. The topological polar surface area (TPSA) is 72.9 Å². The number of hydrogen-bond donors (Lipinski definition) is 2. The van der Waals surface area contributed by atoms with Gasteiger partial charge in [0.2, 0.25) is 5.91 Å². The van der Waals surface area contributed by atoms with Gasteiger partial charge in [-0.2, -0.15) is 0 Å². The number of likely N-dealkylation sites (tertiary alicyclic amines) is 2. The number of nitrogens with one attached hydrogen (secondary N) is 1. The van der Waals surface area contributed by atoms with E-state index in [1.54, 1.807) is 4.90 Å². The summed E-state index contributed by atoms with van der Waals surface area (Å²) in [6.45, 7) is 4.68. The van der Waals surface area contributed by atoms with Gasteiger partial charge in [-0.05, 0) is 56.4 Å². The highest BCUT2D eigenvalue weighted by Crippen LogP contribution is 2.17. The molecule has 2 N–H and O–H groups in total. The Hall–Kier alpha value is -1.92. The van der Waals surface area contributed by atoms with Gasteiger partial charge >= 0.3 is 5.97 Å². The van der Waals surface area contributed by atoms with Gasteiger partial charge in [0.15, 0.2) is 0 Å². The zero-order valence-electron chi connectivity index (χ0n) is 14.6. The Kier molecular flexibility index (Phi) is 6.04. The van der Waals surface area contributed by atoms with Crippen molar-refractivity contribution >= 4 is 11.9 Å². The molecule has 1 amide bonds. The van der Waals surface area contributed by atoms with Crippen LogP contribution in [0.15, 0.2) is 24.3 Å². The van der Waals surface area contributed by atoms with E-state index in [2.05, 4.69) is 34.5 Å². The molecule has 2 fully saturated rings. The number of carbonyl (C=O) groups is 2. The van der Waals surface area contributed by atoms with E-state index in [1.165, 1.54) is 31.5 Å². The third kappa shape index (κ3) is 5.03. The third-order valence-corrected chi connectivity index (χ3v) is 5.11. The van der Waals surface area contributed by atoms with E-state index in [4.69, 9.17) is 5.11 Å². The minimum absolute atomic E-state index is 0.116. The predicted molar refractivity (Wildman–Crippen MR) is 95.0 cm³/mol. The van der Waals surface area contributed by atoms with Gasteiger partial charge < -0.3 is 10.4 Å². The number of rotatable bonds is 7. The molecule has 1 aromatic carbocycles. The predicted octanol–water partition coefficient (Wildman–Crippen LogP) is 1.45. The molecule has 6 heteroatoms. The van der Waals surface area contributed by atoms with Gasteiger partial charge in [0.1, 0.15) is 6.04 Å². The van der Waals surface area contributed by atoms with E-state index >= 15 is 0 Å². The fourth-order valence-electron chi connectivity index (χ4n) is 3.70. The lowest BCUT2D eigenvalue weighted by molar-refractivity contribution is -0.142. The van der Waals surface area contributed by atoms with Crippen LogP contribution < -0.4 is 5.32 Å². The lowest BCUT2D eigenvalue weighted by Crippen LogP contribution is -2.42. The van der Waals surface area contributed by atoms with Gasteiger partial charge in [-0.3, -0.25) is 19.4 Å². The second-order valence-electron chi connectivity index (χ2n) is 7.04. The molecule has 2 aliphatic rings. The first-order chi connectivity index (χ1) is 12.1. The molecule has 1 aromatic rings. The molecule has 2 aliphatic heterocycles. The minimum atomic E-state index is -0.834. The van der Waals surface area contributed by atoms with E-state index < -0.39 is 12.0 Å². The highest BCUT2D eigenvalue weighted by Gasteiger charge is 2.31. The normalized spacial score (nSPS) is 21.5. The van der Waals surface area contributed by atoms with Gasteiger partial charge in [-0.1, -0.05) is 24.3 Å². The summed E-state index contributed by atoms with van der Waals surface area (Å²) in [6, 6.07) is 7.85. The van der Waals surface area contributed by atoms with Crippen molar-refractivity contribution in [1.29, 1.82) is 0 Å². The van der Waals surface area contributed by atoms with Crippen LogP contribution in [0.3, 0.4) is 0 Å². The van der Waals surface area contributed by atoms with E-state index in [0.29, 0.717) is 19.5 Å². The summed E-state index contributed by atoms with van der Waals surface area (Å²) in [5, 5.41) is 12.0. The van der Waals surface area contributed by atoms with Crippen molar-refractivity contribution in [3.8, 4) is 0 Å². The summed E-state index contributed by atoms with van der Waals surface area (Å²) in [7, 11) is 0. The molecule has 2 heterocycles. The molecule has 6 nitrogen and oxygen atoms in total. The number of carboxylic acid groups (broad SMARTS) is 1. The largest absolute Gasteiger partial charge is 0.480 e. The number of aliphatic carboxylic acids is 1. The fraction of sp³-hybridized carbons (Fsp3) is 0.579. The first-order valence-electron chi connectivity index (χ1n) is 9.15. The smallest absolute Gasteiger partial charge is 0.320 e. The maximum absolute atomic E-state index is 12.1. The number of amides is 1. The molecule has 1 atom stereocenters. The Morgan fingerprint density at radius 1 is 1.04 bits per heavy atom. The van der Waals surface area contributed by atoms with E-state index in [9.17, 15) is 9.59 Å². The van der Waals surface area contributed by atoms with Gasteiger partial charge in [-0.25, -0.2) is 0 Å². The lowest BCUT2D eigenvalue weighted by atomic mass is 10.1. The maximum Gasteiger partial charge on any atom is 0.320 e. The van der Waals surface area contributed by atoms with Crippen LogP contribution in [0.25, 0.3) is 0 Å². The highest BCUT2D eigenvalue weighted by atomic mass is 16.4. The van der Waals surface area contributed by atoms with Gasteiger partial charge in [0.05, 0.1) is 6.54 Å². The van der Waals surface area contributed by atoms with E-state index in [0.717, 1.165) is 18.5 Å². The van der Waals surface area contributed by atoms with Crippen LogP contribution in [-0.4, -0.2) is 59.0 Å². The average Bonchev–Trinajstić information content (AvgIpc) is 3.26. The van der Waals surface area contributed by atoms with Crippen LogP contribution in [0.4, 0.5) is 0 Å². The number of benzene rings is 1. The number of hydrogen-bond acceptors (Lipinski definition) is 4. The molecule has 0 aliphatic carbocycles. The Bertz CT molecular complexity index is 596. The van der Waals surface area contributed by atoms with Crippen molar-refractivity contribution < 1.29 is 14.7 Å². The van der Waals surface area contributed by atoms with Crippen LogP contribution in [0.1, 0.15) is 36.8 Å². The summed E-state index contributed by atoms with van der Waals surface area (Å²) in [5.41, 5.74) is 2.37. The minimum Gasteiger partial charge on any atom is -0.480 e. The zero-order chi connectivity index (χ0) is 17.6. The van der Waals surface area contributed by atoms with Crippen LogP contribution in [0.5, 0.6) is 0 Å². The van der Waals surface area contributed by atoms with E-state index in [1.807, 2.05) is 0 Å². The van der Waals surface area contributed by atoms with Crippen molar-refractivity contribution in [2.45, 2.75) is 44.8 Å². The second-order valence-corrected chi connectivity index (χ2v) is 7.04. The molecule has 2 saturated heterocycles. The summed E-state index contributed by atoms with van der Waals surface area (Å²) in [6.07, 6.45) is 4.05. The third-order valence-electron chi connectivity index (χ3n) is 5.11. The molecular formula is C19H27N3O3. The van der Waals surface area contributed by atoms with Gasteiger partial charge in [0.25, 0.3) is 0 Å². The first kappa shape index (κ1) is 17.9. The van der Waals surface area contributed by atoms with Gasteiger partial charge in [0, 0.05) is 13.1 Å². The number of nitrogens with zero attached hydrogens (tertiary/aromatic N) is 2. The number of carbonyl (C=O) groups excluding carboxylic acids is 1. The zero-order valence-corrected chi connectivity index (χ0v) is 14.6. The first-order valence-corrected chi connectivity index (χ1v) is 9.15. The van der Waals surface area contributed by atoms with Crippen LogP contribution in [0.2, 0.25) is 0 Å². The monoisotopic (exact) mass is 345 g/mol. The lowest BCUT2D eigenvalue weighted by Gasteiger charge is -2.20. The Labute approximate surface area is 148 Å². The Morgan fingerprint density at radius 2 is 1.72 bits per heavy atom. The maximum atomic E-state index is 12.1. The fourth-order valence-corrected chi connectivity index (χ4v) is 3.70. The molecule has 3 rings (SSSR count). The van der Waals surface area contributed by atoms with Crippen molar-refractivity contribution in [3.05, 3.63) is 35.4 Å². The van der Waals surface area contributed by atoms with Crippen LogP contribution in [0, 0.1) is 0 Å². The average molecular weight is 345 g/mol. The SMILES string of the molecule is O=C(CN1CCC[C@H]1C(=O)O)NCc1ccc(CN2CCCC2)cc1. The summed E-state index contributed by atoms with van der Waals surface area (Å²) in [4.78, 5) is 27.4. The van der Waals surface area contributed by atoms with Crippen LogP contribution in [-0.2, 0) is 22.7 Å². The molecule has 0 aromatic heterocycles. The van der Waals surface area contributed by atoms with Crippen molar-refractivity contribution in [1.82, 2.24) is 15.1 Å². The summed E-state index contributed by atoms with van der Waals surface area (Å²) >= 11 is 0. The quantitative estimate of drug-likeness (QED) is 0.782. The van der Waals surface area contributed by atoms with Crippen molar-refractivity contribution in [3.63, 3.8) is 0 Å². The van der Waals surface area contributed by atoms with Crippen molar-refractivity contribution in [2.24, 2.45) is 0 Å². The molecule has 0 spiro atoms. The number of carboxylic acids is 1. The molecule has 136 valence electrons. The molecule has 25 heavy (non-hydrogen) atoms. The van der Waals surface area contributed by atoms with Crippen LogP contribution >= 0.6 is 0 Å². The second kappa shape index (κ2) is 8.45. The molecule has 0 bridgehead atoms. The molecule has 0 saturated carbocycles. The van der Waals surface area contributed by atoms with Gasteiger partial charge in [-0.15, -0.1) is 0 Å². The molecule has 0 unspecified atom stereocenters. The summed E-state index contributed by atoms with van der Waals surface area (Å²) in [5.74, 6) is -0.951. The van der Waals surface area contributed by atoms with Crippen molar-refractivity contribution in [2.75, 3.05) is 26.2 Å². The Balaban J connectivity index is 1.43. The molecular weight excluding hydrogens is 318 g/mol.